The van der Waals surface area contributed by atoms with E-state index in [-0.39, 0.29) is 11.0 Å². The Kier molecular flexibility index (Phi) is 5.59. The molecule has 2 aromatic carbocycles. The molecule has 2 aromatic rings. The molecule has 0 radical (unpaired) electrons. The van der Waals surface area contributed by atoms with Crippen LogP contribution in [-0.2, 0) is 0 Å². The molecule has 1 heterocycles. The normalized spacial score (nSPS) is 20.0. The predicted octanol–water partition coefficient (Wildman–Crippen LogP) is 3.74. The van der Waals surface area contributed by atoms with Gasteiger partial charge in [0.1, 0.15) is 23.5 Å². The second kappa shape index (κ2) is 7.81. The Bertz CT molecular complexity index is 1070. The van der Waals surface area contributed by atoms with Crippen LogP contribution in [0.2, 0.25) is 10.0 Å². The van der Waals surface area contributed by atoms with Gasteiger partial charge in [-0.05, 0) is 50.2 Å². The molecule has 1 aliphatic heterocycles. The Morgan fingerprint density at radius 3 is 2.55 bits per heavy atom. The van der Waals surface area contributed by atoms with E-state index in [9.17, 15) is 15.6 Å². The molecule has 0 saturated heterocycles. The number of aliphatic hydroxyl groups is 1. The fourth-order valence-electron chi connectivity index (χ4n) is 3.04. The first-order chi connectivity index (χ1) is 13.7. The number of fused-ring (bicyclic) bond motifs is 1. The maximum atomic E-state index is 10.9. The number of aliphatic imine (C=N–C) groups is 1. The molecule has 0 saturated carbocycles. The first-order valence-electron chi connectivity index (χ1n) is 8.57. The highest BCUT2D eigenvalue weighted by Gasteiger charge is 2.43. The van der Waals surface area contributed by atoms with E-state index in [1.165, 1.54) is 12.1 Å². The molecule has 3 N–H and O–H groups in total. The van der Waals surface area contributed by atoms with Gasteiger partial charge in [-0.3, -0.25) is 0 Å². The van der Waals surface area contributed by atoms with E-state index in [0.29, 0.717) is 27.6 Å². The summed E-state index contributed by atoms with van der Waals surface area (Å²) in [5, 5.41) is 30.3. The summed E-state index contributed by atoms with van der Waals surface area (Å²) in [5.41, 5.74) is 6.42. The lowest BCUT2D eigenvalue weighted by Gasteiger charge is -2.40. The molecule has 0 bridgehead atoms. The molecular formula is C20H17Cl2N5O2. The van der Waals surface area contributed by atoms with E-state index < -0.39 is 17.7 Å². The molecule has 0 spiro atoms. The van der Waals surface area contributed by atoms with Gasteiger partial charge in [-0.1, -0.05) is 23.2 Å². The lowest BCUT2D eigenvalue weighted by Crippen LogP contribution is -2.49. The van der Waals surface area contributed by atoms with Crippen molar-refractivity contribution in [3.05, 3.63) is 57.6 Å². The highest BCUT2D eigenvalue weighted by atomic mass is 35.5. The van der Waals surface area contributed by atoms with Crippen LogP contribution in [-0.4, -0.2) is 22.8 Å². The summed E-state index contributed by atoms with van der Waals surface area (Å²) in [7, 11) is 0. The summed E-state index contributed by atoms with van der Waals surface area (Å²) in [4.78, 5) is 5.49. The Labute approximate surface area is 178 Å². The van der Waals surface area contributed by atoms with E-state index in [0.717, 1.165) is 4.90 Å². The van der Waals surface area contributed by atoms with Crippen LogP contribution in [0.5, 0.6) is 5.75 Å². The Morgan fingerprint density at radius 2 is 1.93 bits per heavy atom. The molecule has 0 fully saturated rings. The van der Waals surface area contributed by atoms with Gasteiger partial charge in [-0.15, -0.1) is 0 Å². The summed E-state index contributed by atoms with van der Waals surface area (Å²) < 4.78 is 5.86. The van der Waals surface area contributed by atoms with Crippen molar-refractivity contribution < 1.29 is 9.84 Å². The average molecular weight is 430 g/mol. The molecule has 0 aliphatic carbocycles. The third-order valence-corrected chi connectivity index (χ3v) is 5.34. The molecular weight excluding hydrogens is 413 g/mol. The third-order valence-electron chi connectivity index (χ3n) is 4.60. The quantitative estimate of drug-likeness (QED) is 0.324. The zero-order valence-corrected chi connectivity index (χ0v) is 17.1. The number of nitrogens with two attached hydrogens (primary N) is 1. The van der Waals surface area contributed by atoms with Gasteiger partial charge in [0.25, 0.3) is 0 Å². The second-order valence-electron chi connectivity index (χ2n) is 6.98. The van der Waals surface area contributed by atoms with Crippen molar-refractivity contribution in [1.82, 2.24) is 0 Å². The van der Waals surface area contributed by atoms with Gasteiger partial charge in [0, 0.05) is 5.56 Å². The molecule has 0 amide bonds. The molecule has 1 aliphatic rings. The molecule has 9 heteroatoms. The number of hydrogen-bond donors (Lipinski definition) is 2. The van der Waals surface area contributed by atoms with Crippen molar-refractivity contribution in [3.63, 3.8) is 0 Å². The number of ether oxygens (including phenoxy) is 1. The highest BCUT2D eigenvalue weighted by molar-refractivity contribution is 6.42. The number of nitrogens with zero attached hydrogens (tertiary/aromatic N) is 4. The van der Waals surface area contributed by atoms with E-state index in [1.807, 2.05) is 6.19 Å². The maximum Gasteiger partial charge on any atom is 0.210 e. The van der Waals surface area contributed by atoms with Crippen LogP contribution >= 0.6 is 23.2 Å². The number of halogens is 2. The fraction of sp³-hybridized carbons (Fsp3) is 0.250. The number of benzene rings is 2. The van der Waals surface area contributed by atoms with Crippen LogP contribution in [0.4, 0.5) is 5.69 Å². The molecule has 3 rings (SSSR count). The second-order valence-corrected chi connectivity index (χ2v) is 7.80. The van der Waals surface area contributed by atoms with Crippen molar-refractivity contribution >= 4 is 34.8 Å². The van der Waals surface area contributed by atoms with Crippen molar-refractivity contribution in [3.8, 4) is 18.0 Å². The lowest BCUT2D eigenvalue weighted by molar-refractivity contribution is -0.0567. The van der Waals surface area contributed by atoms with Crippen LogP contribution < -0.4 is 15.4 Å². The number of guanidine groups is 1. The molecule has 0 unspecified atom stereocenters. The predicted molar refractivity (Wildman–Crippen MR) is 111 cm³/mol. The zero-order chi connectivity index (χ0) is 21.3. The van der Waals surface area contributed by atoms with Crippen LogP contribution in [0.25, 0.3) is 0 Å². The van der Waals surface area contributed by atoms with E-state index >= 15 is 0 Å². The standard InChI is InChI=1S/C20H17Cl2N5O2/c1-20(2)18(28)17(13-7-11(9-23)3-6-16(13)29-20)26-19(25)27(10-24)12-4-5-14(21)15(22)8-12/h3-8,17-18,28H,1-2H3,(H2,25,26)/t17-,18+/m1/s1. The smallest absolute Gasteiger partial charge is 0.210 e. The van der Waals surface area contributed by atoms with Crippen molar-refractivity contribution in [2.75, 3.05) is 4.90 Å². The monoisotopic (exact) mass is 429 g/mol. The van der Waals surface area contributed by atoms with Crippen molar-refractivity contribution in [2.45, 2.75) is 31.6 Å². The number of nitriles is 2. The largest absolute Gasteiger partial charge is 0.485 e. The van der Waals surface area contributed by atoms with Gasteiger partial charge in [-0.2, -0.15) is 10.5 Å². The van der Waals surface area contributed by atoms with E-state index in [1.54, 1.807) is 38.1 Å². The molecule has 148 valence electrons. The lowest BCUT2D eigenvalue weighted by atomic mass is 9.86. The first-order valence-corrected chi connectivity index (χ1v) is 9.33. The molecule has 29 heavy (non-hydrogen) atoms. The van der Waals surface area contributed by atoms with Gasteiger partial charge in [0.05, 0.1) is 27.4 Å². The number of hydrogen-bond acceptors (Lipinski definition) is 5. The topological polar surface area (TPSA) is 119 Å². The van der Waals surface area contributed by atoms with Gasteiger partial charge in [0.15, 0.2) is 6.19 Å². The van der Waals surface area contributed by atoms with E-state index in [4.69, 9.17) is 33.7 Å². The van der Waals surface area contributed by atoms with Crippen molar-refractivity contribution in [2.24, 2.45) is 10.7 Å². The van der Waals surface area contributed by atoms with Crippen LogP contribution in [0.3, 0.4) is 0 Å². The average Bonchev–Trinajstić information content (AvgIpc) is 2.68. The fourth-order valence-corrected chi connectivity index (χ4v) is 3.33. The van der Waals surface area contributed by atoms with Gasteiger partial charge < -0.3 is 15.6 Å². The number of rotatable bonds is 2. The number of anilines is 1. The summed E-state index contributed by atoms with van der Waals surface area (Å²) in [6, 6.07) is 10.7. The van der Waals surface area contributed by atoms with E-state index in [2.05, 4.69) is 11.1 Å². The molecule has 7 nitrogen and oxygen atoms in total. The Balaban J connectivity index is 2.08. The Hall–Kier alpha value is -2.97. The van der Waals surface area contributed by atoms with Gasteiger partial charge in [0.2, 0.25) is 5.96 Å². The molecule has 0 aromatic heterocycles. The SMILES string of the molecule is CC1(C)Oc2ccc(C#N)cc2[C@@H](N=C(N)N(C#N)c2ccc(Cl)c(Cl)c2)[C@@H]1O. The molecule has 2 atom stereocenters. The van der Waals surface area contributed by atoms with Crippen LogP contribution in [0.1, 0.15) is 31.0 Å². The Morgan fingerprint density at radius 1 is 1.21 bits per heavy atom. The minimum Gasteiger partial charge on any atom is -0.485 e. The van der Waals surface area contributed by atoms with Crippen LogP contribution in [0.15, 0.2) is 41.4 Å². The van der Waals surface area contributed by atoms with Crippen LogP contribution in [0, 0.1) is 22.8 Å². The highest BCUT2D eigenvalue weighted by Crippen LogP contribution is 2.42. The van der Waals surface area contributed by atoms with Crippen molar-refractivity contribution in [1.29, 1.82) is 10.5 Å². The first kappa shape index (κ1) is 20.8. The summed E-state index contributed by atoms with van der Waals surface area (Å²) in [6.45, 7) is 3.44. The summed E-state index contributed by atoms with van der Waals surface area (Å²) >= 11 is 12.0. The zero-order valence-electron chi connectivity index (χ0n) is 15.6. The minimum atomic E-state index is -1.07. The summed E-state index contributed by atoms with van der Waals surface area (Å²) in [5.74, 6) is 0.333. The van der Waals surface area contributed by atoms with Gasteiger partial charge in [-0.25, -0.2) is 9.89 Å². The maximum absolute atomic E-state index is 10.9. The minimum absolute atomic E-state index is 0.152. The van der Waals surface area contributed by atoms with Gasteiger partial charge >= 0.3 is 0 Å². The third kappa shape index (κ3) is 3.94. The summed E-state index contributed by atoms with van der Waals surface area (Å²) in [6.07, 6.45) is 0.875. The number of aliphatic hydroxyl groups excluding tert-OH is 1.